The van der Waals surface area contributed by atoms with E-state index in [1.54, 1.807) is 0 Å². The number of amidine groups is 1. The van der Waals surface area contributed by atoms with E-state index in [9.17, 15) is 0 Å². The summed E-state index contributed by atoms with van der Waals surface area (Å²) in [5, 5.41) is 2.00. The summed E-state index contributed by atoms with van der Waals surface area (Å²) in [5.74, 6) is 1.18. The zero-order valence-electron chi connectivity index (χ0n) is 17.2. The fraction of sp³-hybridized carbons (Fsp3) is 0.955. The molecule has 0 unspecified atom stereocenters. The van der Waals surface area contributed by atoms with Crippen molar-refractivity contribution in [3.05, 3.63) is 0 Å². The molecule has 0 fully saturated rings. The number of nitrogens with zero attached hydrogens (tertiary/aromatic N) is 2. The third-order valence-corrected chi connectivity index (χ3v) is 5.17. The second-order valence-corrected chi connectivity index (χ2v) is 7.52. The highest BCUT2D eigenvalue weighted by Gasteiger charge is 2.16. The van der Waals surface area contributed by atoms with Crippen LogP contribution in [0.2, 0.25) is 0 Å². The maximum Gasteiger partial charge on any atom is 0.123 e. The minimum Gasteiger partial charge on any atom is -0.273 e. The molecule has 0 amide bonds. The van der Waals surface area contributed by atoms with Crippen LogP contribution in [0.25, 0.3) is 0 Å². The van der Waals surface area contributed by atoms with E-state index in [1.165, 1.54) is 102 Å². The summed E-state index contributed by atoms with van der Waals surface area (Å²) < 4.78 is 0. The Balaban J connectivity index is 1.76. The number of rotatable bonds is 18. The van der Waals surface area contributed by atoms with Crippen molar-refractivity contribution in [1.29, 1.82) is 0 Å². The van der Waals surface area contributed by atoms with Crippen molar-refractivity contribution in [3.63, 3.8) is 0 Å². The third kappa shape index (κ3) is 12.4. The molecular weight excluding hydrogens is 308 g/mol. The lowest BCUT2D eigenvalue weighted by molar-refractivity contribution is -0.0864. The van der Waals surface area contributed by atoms with Gasteiger partial charge in [0.1, 0.15) is 5.84 Å². The first-order valence-corrected chi connectivity index (χ1v) is 11.3. The van der Waals surface area contributed by atoms with Crippen molar-refractivity contribution in [2.45, 2.75) is 117 Å². The SMILES string of the molecule is CCCCCCCCCCCCCCCCCC1=NCCN1OCC. The number of hydrogen-bond acceptors (Lipinski definition) is 3. The van der Waals surface area contributed by atoms with Gasteiger partial charge in [-0.2, -0.15) is 0 Å². The van der Waals surface area contributed by atoms with E-state index >= 15 is 0 Å². The number of unbranched alkanes of at least 4 members (excludes halogenated alkanes) is 14. The lowest BCUT2D eigenvalue weighted by Crippen LogP contribution is -2.27. The van der Waals surface area contributed by atoms with Gasteiger partial charge in [0.25, 0.3) is 0 Å². The van der Waals surface area contributed by atoms with Gasteiger partial charge in [0.2, 0.25) is 0 Å². The van der Waals surface area contributed by atoms with Crippen LogP contribution >= 0.6 is 0 Å². The maximum atomic E-state index is 5.59. The fourth-order valence-electron chi connectivity index (χ4n) is 3.63. The lowest BCUT2D eigenvalue weighted by Gasteiger charge is -2.18. The monoisotopic (exact) mass is 352 g/mol. The molecule has 0 spiro atoms. The molecule has 1 rings (SSSR count). The third-order valence-electron chi connectivity index (χ3n) is 5.17. The Labute approximate surface area is 157 Å². The van der Waals surface area contributed by atoms with Gasteiger partial charge >= 0.3 is 0 Å². The Morgan fingerprint density at radius 2 is 1.20 bits per heavy atom. The van der Waals surface area contributed by atoms with E-state index in [2.05, 4.69) is 11.9 Å². The molecule has 3 heteroatoms. The first-order chi connectivity index (χ1) is 12.4. The normalized spacial score (nSPS) is 14.3. The quantitative estimate of drug-likeness (QED) is 0.250. The van der Waals surface area contributed by atoms with Crippen LogP contribution in [0.15, 0.2) is 4.99 Å². The van der Waals surface area contributed by atoms with Crippen LogP contribution in [-0.4, -0.2) is 30.6 Å². The lowest BCUT2D eigenvalue weighted by atomic mass is 10.0. The molecule has 0 radical (unpaired) electrons. The zero-order valence-corrected chi connectivity index (χ0v) is 17.2. The van der Waals surface area contributed by atoms with Crippen LogP contribution in [0, 0.1) is 0 Å². The molecule has 1 aliphatic rings. The summed E-state index contributed by atoms with van der Waals surface area (Å²) in [6, 6.07) is 0. The van der Waals surface area contributed by atoms with Crippen molar-refractivity contribution in [2.24, 2.45) is 4.99 Å². The highest BCUT2D eigenvalue weighted by atomic mass is 16.7. The van der Waals surface area contributed by atoms with Crippen LogP contribution in [0.4, 0.5) is 0 Å². The zero-order chi connectivity index (χ0) is 18.0. The van der Waals surface area contributed by atoms with Gasteiger partial charge in [-0.1, -0.05) is 96.8 Å². The Morgan fingerprint density at radius 3 is 1.68 bits per heavy atom. The van der Waals surface area contributed by atoms with E-state index in [0.29, 0.717) is 0 Å². The molecule has 0 saturated heterocycles. The fourth-order valence-corrected chi connectivity index (χ4v) is 3.63. The summed E-state index contributed by atoms with van der Waals surface area (Å²) in [6.07, 6.45) is 22.4. The van der Waals surface area contributed by atoms with E-state index in [4.69, 9.17) is 4.84 Å². The Kier molecular flexibility index (Phi) is 15.2. The van der Waals surface area contributed by atoms with Gasteiger partial charge in [-0.25, -0.2) is 5.06 Å². The largest absolute Gasteiger partial charge is 0.273 e. The van der Waals surface area contributed by atoms with Gasteiger partial charge in [-0.15, -0.1) is 0 Å². The molecule has 0 atom stereocenters. The van der Waals surface area contributed by atoms with Crippen molar-refractivity contribution >= 4 is 5.84 Å². The molecular formula is C22H44N2O. The van der Waals surface area contributed by atoms with E-state index < -0.39 is 0 Å². The summed E-state index contributed by atoms with van der Waals surface area (Å²) in [6.45, 7) is 6.94. The maximum absolute atomic E-state index is 5.59. The molecule has 148 valence electrons. The van der Waals surface area contributed by atoms with Gasteiger partial charge in [-0.3, -0.25) is 9.83 Å². The predicted molar refractivity (Wildman–Crippen MR) is 110 cm³/mol. The smallest absolute Gasteiger partial charge is 0.123 e. The summed E-state index contributed by atoms with van der Waals surface area (Å²) in [7, 11) is 0. The van der Waals surface area contributed by atoms with Gasteiger partial charge in [0, 0.05) is 6.42 Å². The van der Waals surface area contributed by atoms with Crippen molar-refractivity contribution < 1.29 is 4.84 Å². The molecule has 3 nitrogen and oxygen atoms in total. The molecule has 1 heterocycles. The average molecular weight is 353 g/mol. The van der Waals surface area contributed by atoms with Crippen LogP contribution in [0.1, 0.15) is 117 Å². The van der Waals surface area contributed by atoms with Crippen LogP contribution < -0.4 is 0 Å². The van der Waals surface area contributed by atoms with E-state index in [0.717, 1.165) is 26.1 Å². The number of hydroxylamine groups is 2. The molecule has 0 aromatic heterocycles. The Hall–Kier alpha value is -0.570. The van der Waals surface area contributed by atoms with Crippen LogP contribution in [0.3, 0.4) is 0 Å². The molecule has 0 N–H and O–H groups in total. The first kappa shape index (κ1) is 22.5. The van der Waals surface area contributed by atoms with Crippen LogP contribution in [0.5, 0.6) is 0 Å². The number of hydrogen-bond donors (Lipinski definition) is 0. The summed E-state index contributed by atoms with van der Waals surface area (Å²) in [5.41, 5.74) is 0. The summed E-state index contributed by atoms with van der Waals surface area (Å²) in [4.78, 5) is 10.1. The van der Waals surface area contributed by atoms with E-state index in [1.807, 2.05) is 12.0 Å². The van der Waals surface area contributed by atoms with Crippen molar-refractivity contribution in [2.75, 3.05) is 19.7 Å². The van der Waals surface area contributed by atoms with Gasteiger partial charge < -0.3 is 0 Å². The standard InChI is InChI=1S/C22H44N2O/c1-3-5-6-7-8-9-10-11-12-13-14-15-16-17-18-19-22-23-20-21-24(22)25-4-2/h3-21H2,1-2H3. The highest BCUT2D eigenvalue weighted by Crippen LogP contribution is 2.15. The minimum atomic E-state index is 0.748. The van der Waals surface area contributed by atoms with Crippen molar-refractivity contribution in [1.82, 2.24) is 5.06 Å². The summed E-state index contributed by atoms with van der Waals surface area (Å²) >= 11 is 0. The second-order valence-electron chi connectivity index (χ2n) is 7.52. The number of aliphatic imine (C=N–C) groups is 1. The van der Waals surface area contributed by atoms with Gasteiger partial charge in [-0.05, 0) is 13.3 Å². The molecule has 1 aliphatic heterocycles. The Bertz CT molecular complexity index is 317. The Morgan fingerprint density at radius 1 is 0.720 bits per heavy atom. The topological polar surface area (TPSA) is 24.8 Å². The first-order valence-electron chi connectivity index (χ1n) is 11.3. The molecule has 0 aromatic carbocycles. The minimum absolute atomic E-state index is 0.748. The molecule has 0 aliphatic carbocycles. The molecule has 0 bridgehead atoms. The average Bonchev–Trinajstić information content (AvgIpc) is 3.06. The predicted octanol–water partition coefficient (Wildman–Crippen LogP) is 6.91. The molecule has 0 aromatic rings. The highest BCUT2D eigenvalue weighted by molar-refractivity contribution is 5.82. The van der Waals surface area contributed by atoms with Gasteiger partial charge in [0.05, 0.1) is 19.7 Å². The van der Waals surface area contributed by atoms with Gasteiger partial charge in [0.15, 0.2) is 0 Å². The molecule has 0 saturated carbocycles. The van der Waals surface area contributed by atoms with Crippen LogP contribution in [-0.2, 0) is 4.84 Å². The second kappa shape index (κ2) is 16.9. The molecule has 25 heavy (non-hydrogen) atoms. The van der Waals surface area contributed by atoms with Crippen molar-refractivity contribution in [3.8, 4) is 0 Å². The van der Waals surface area contributed by atoms with E-state index in [-0.39, 0.29) is 0 Å².